The molecule has 0 aliphatic rings. The van der Waals surface area contributed by atoms with Crippen LogP contribution in [0.15, 0.2) is 24.3 Å². The Bertz CT molecular complexity index is 693. The highest BCUT2D eigenvalue weighted by molar-refractivity contribution is 7.74. The smallest absolute Gasteiger partial charge is 0.349 e. The largest absolute Gasteiger partial charge is 0.463 e. The van der Waals surface area contributed by atoms with Gasteiger partial charge in [-0.15, -0.1) is 0 Å². The highest BCUT2D eigenvalue weighted by Gasteiger charge is 2.66. The Morgan fingerprint density at radius 2 is 0.879 bits per heavy atom. The Balaban J connectivity index is 7.17. The Kier molecular flexibility index (Phi) is 14.3. The van der Waals surface area contributed by atoms with E-state index in [-0.39, 0.29) is 50.8 Å². The molecule has 0 N–H and O–H groups in total. The van der Waals surface area contributed by atoms with Gasteiger partial charge in [0.2, 0.25) is 0 Å². The Morgan fingerprint density at radius 1 is 0.606 bits per heavy atom. The molecule has 192 valence electrons. The minimum absolute atomic E-state index is 0.0591. The second-order valence-electron chi connectivity index (χ2n) is 6.65. The maximum atomic E-state index is 14.3. The molecule has 0 aromatic heterocycles. The summed E-state index contributed by atoms with van der Waals surface area (Å²) >= 11 is 0. The summed E-state index contributed by atoms with van der Waals surface area (Å²) in [4.78, 5) is 22.7. The maximum Gasteiger partial charge on any atom is 0.349 e. The molecule has 33 heavy (non-hydrogen) atoms. The van der Waals surface area contributed by atoms with E-state index in [2.05, 4.69) is 13.2 Å². The van der Waals surface area contributed by atoms with Crippen LogP contribution in [0.25, 0.3) is 0 Å². The van der Waals surface area contributed by atoms with Crippen LogP contribution in [0.1, 0.15) is 54.4 Å². The van der Waals surface area contributed by atoms with Gasteiger partial charge in [0, 0.05) is 24.0 Å². The van der Waals surface area contributed by atoms with E-state index < -0.39 is 44.9 Å². The molecule has 0 aliphatic carbocycles. The van der Waals surface area contributed by atoms with E-state index in [1.807, 2.05) is 0 Å². The molecule has 0 heterocycles. The number of carbonyl (C=O) groups is 2. The van der Waals surface area contributed by atoms with E-state index in [1.54, 1.807) is 41.5 Å². The summed E-state index contributed by atoms with van der Waals surface area (Å²) < 4.78 is 60.9. The predicted octanol–water partition coefficient (Wildman–Crippen LogP) is 5.23. The summed E-state index contributed by atoms with van der Waals surface area (Å²) in [5.74, 6) is -1.61. The average Bonchev–Trinajstić information content (AvgIpc) is 2.73. The van der Waals surface area contributed by atoms with Gasteiger partial charge in [0.1, 0.15) is 0 Å². The molecule has 0 aromatic carbocycles. The molecule has 0 bridgehead atoms. The first-order valence-corrected chi connectivity index (χ1v) is 14.0. The maximum absolute atomic E-state index is 14.3. The Labute approximate surface area is 197 Å². The van der Waals surface area contributed by atoms with E-state index >= 15 is 0 Å². The van der Waals surface area contributed by atoms with Gasteiger partial charge in [0.05, 0.1) is 39.6 Å². The second kappa shape index (κ2) is 14.9. The third-order valence-electron chi connectivity index (χ3n) is 4.34. The van der Waals surface area contributed by atoms with Crippen LogP contribution in [0, 0.1) is 0 Å². The van der Waals surface area contributed by atoms with Crippen LogP contribution in [0.3, 0.4) is 0 Å². The number of ether oxygens (including phenoxy) is 2. The number of rotatable bonds is 18. The monoisotopic (exact) mass is 512 g/mol. The standard InChI is InChI=1S/C21H38O10P2/c1-9-26-19(22)17(7)15-21(16-18(8)20(23)27-10-2,32(24,28-11-3)29-12-4)33(25,30-13-5)31-14-6/h7-16H2,1-6H3. The van der Waals surface area contributed by atoms with Crippen LogP contribution in [-0.2, 0) is 46.3 Å². The molecule has 0 atom stereocenters. The zero-order valence-electron chi connectivity index (χ0n) is 20.5. The fourth-order valence-electron chi connectivity index (χ4n) is 3.13. The van der Waals surface area contributed by atoms with Gasteiger partial charge < -0.3 is 27.6 Å². The lowest BCUT2D eigenvalue weighted by molar-refractivity contribution is -0.139. The summed E-state index contributed by atoms with van der Waals surface area (Å²) in [5.41, 5.74) is -0.347. The fourth-order valence-corrected chi connectivity index (χ4v) is 9.03. The molecular formula is C21H38O10P2. The summed E-state index contributed by atoms with van der Waals surface area (Å²) in [6, 6.07) is 0. The Hall–Kier alpha value is -1.28. The van der Waals surface area contributed by atoms with Crippen molar-refractivity contribution in [1.82, 2.24) is 0 Å². The van der Waals surface area contributed by atoms with Crippen molar-refractivity contribution in [2.24, 2.45) is 0 Å². The zero-order valence-corrected chi connectivity index (χ0v) is 22.3. The van der Waals surface area contributed by atoms with Crippen LogP contribution < -0.4 is 0 Å². The average molecular weight is 512 g/mol. The first kappa shape index (κ1) is 31.7. The molecule has 0 radical (unpaired) electrons. The third kappa shape index (κ3) is 7.88. The van der Waals surface area contributed by atoms with Gasteiger partial charge in [-0.3, -0.25) is 9.13 Å². The van der Waals surface area contributed by atoms with Gasteiger partial charge in [0.25, 0.3) is 0 Å². The van der Waals surface area contributed by atoms with Crippen molar-refractivity contribution < 1.29 is 46.3 Å². The zero-order chi connectivity index (χ0) is 25.7. The lowest BCUT2D eigenvalue weighted by atomic mass is 10.0. The second-order valence-corrected chi connectivity index (χ2v) is 11.7. The highest BCUT2D eigenvalue weighted by atomic mass is 31.2. The normalized spacial score (nSPS) is 12.3. The molecule has 0 saturated carbocycles. The molecule has 0 rings (SSSR count). The SMILES string of the molecule is C=C(CC(CC(=C)C(=O)OCC)(P(=O)(OCC)OCC)P(=O)(OCC)OCC)C(=O)OCC. The van der Waals surface area contributed by atoms with E-state index in [1.165, 1.54) is 0 Å². The molecule has 0 saturated heterocycles. The third-order valence-corrected chi connectivity index (χ3v) is 10.9. The van der Waals surface area contributed by atoms with Crippen molar-refractivity contribution in [3.8, 4) is 0 Å². The van der Waals surface area contributed by atoms with Crippen molar-refractivity contribution >= 4 is 27.1 Å². The molecule has 0 unspecified atom stereocenters. The van der Waals surface area contributed by atoms with Crippen molar-refractivity contribution in [2.45, 2.75) is 59.3 Å². The minimum atomic E-state index is -4.42. The summed E-state index contributed by atoms with van der Waals surface area (Å²) in [6.45, 7) is 16.7. The highest BCUT2D eigenvalue weighted by Crippen LogP contribution is 2.81. The van der Waals surface area contributed by atoms with Crippen LogP contribution in [0.5, 0.6) is 0 Å². The van der Waals surface area contributed by atoms with E-state index in [0.29, 0.717) is 0 Å². The van der Waals surface area contributed by atoms with Crippen LogP contribution in [0.4, 0.5) is 0 Å². The molecule has 10 nitrogen and oxygen atoms in total. The van der Waals surface area contributed by atoms with Crippen molar-refractivity contribution in [3.05, 3.63) is 24.3 Å². The van der Waals surface area contributed by atoms with Crippen LogP contribution in [-0.4, -0.2) is 56.5 Å². The molecular weight excluding hydrogens is 474 g/mol. The summed E-state index contributed by atoms with van der Waals surface area (Å²) in [7, 11) is -8.83. The Morgan fingerprint density at radius 3 is 1.09 bits per heavy atom. The van der Waals surface area contributed by atoms with E-state index in [0.717, 1.165) is 0 Å². The quantitative estimate of drug-likeness (QED) is 0.137. The molecule has 0 aliphatic heterocycles. The van der Waals surface area contributed by atoms with Gasteiger partial charge in [-0.2, -0.15) is 0 Å². The van der Waals surface area contributed by atoms with Crippen molar-refractivity contribution in [2.75, 3.05) is 39.6 Å². The van der Waals surface area contributed by atoms with Gasteiger partial charge in [-0.25, -0.2) is 9.59 Å². The first-order chi connectivity index (χ1) is 15.5. The van der Waals surface area contributed by atoms with Crippen LogP contribution >= 0.6 is 15.2 Å². The first-order valence-electron chi connectivity index (χ1n) is 11.0. The van der Waals surface area contributed by atoms with Gasteiger partial charge in [0.15, 0.2) is 4.90 Å². The number of hydrogen-bond donors (Lipinski definition) is 0. The number of carbonyl (C=O) groups excluding carboxylic acids is 2. The topological polar surface area (TPSA) is 124 Å². The summed E-state index contributed by atoms with van der Waals surface area (Å²) in [5, 5.41) is 0. The van der Waals surface area contributed by atoms with Gasteiger partial charge in [-0.05, 0) is 41.5 Å². The number of hydrogen-bond acceptors (Lipinski definition) is 10. The lowest BCUT2D eigenvalue weighted by Crippen LogP contribution is -2.36. The minimum Gasteiger partial charge on any atom is -0.463 e. The number of esters is 2. The summed E-state index contributed by atoms with van der Waals surface area (Å²) in [6.07, 6.45) is -1.06. The molecule has 0 fully saturated rings. The van der Waals surface area contributed by atoms with Crippen molar-refractivity contribution in [3.63, 3.8) is 0 Å². The van der Waals surface area contributed by atoms with E-state index in [4.69, 9.17) is 27.6 Å². The predicted molar refractivity (Wildman–Crippen MR) is 125 cm³/mol. The van der Waals surface area contributed by atoms with E-state index in [9.17, 15) is 18.7 Å². The molecule has 12 heteroatoms. The van der Waals surface area contributed by atoms with Gasteiger partial charge in [-0.1, -0.05) is 13.2 Å². The van der Waals surface area contributed by atoms with Crippen molar-refractivity contribution in [1.29, 1.82) is 0 Å². The lowest BCUT2D eigenvalue weighted by Gasteiger charge is -2.42. The fraction of sp³-hybridized carbons (Fsp3) is 0.714. The van der Waals surface area contributed by atoms with Gasteiger partial charge >= 0.3 is 27.1 Å². The molecule has 0 aromatic rings. The van der Waals surface area contributed by atoms with Crippen LogP contribution in [0.2, 0.25) is 0 Å². The molecule has 0 spiro atoms. The molecule has 0 amide bonds.